The molecule has 0 unspecified atom stereocenters. The first-order chi connectivity index (χ1) is 3.93. The van der Waals surface area contributed by atoms with Crippen LogP contribution in [0.25, 0.3) is 0 Å². The van der Waals surface area contributed by atoms with Crippen LogP contribution >= 0.6 is 11.5 Å². The average molecular weight is 151 g/mol. The van der Waals surface area contributed by atoms with Gasteiger partial charge in [-0.3, -0.25) is 0 Å². The van der Waals surface area contributed by atoms with Gasteiger partial charge in [-0.2, -0.15) is 0 Å². The van der Waals surface area contributed by atoms with Crippen molar-refractivity contribution < 1.29 is 29.6 Å². The Balaban J connectivity index is 0.000000640. The minimum absolute atomic E-state index is 0. The van der Waals surface area contributed by atoms with Crippen LogP contribution < -0.4 is 29.6 Å². The normalized spacial score (nSPS) is 9.33. The van der Waals surface area contributed by atoms with Crippen LogP contribution in [0.15, 0.2) is 11.4 Å². The molecule has 1 heterocycles. The largest absolute Gasteiger partial charge is 1.00 e. The summed E-state index contributed by atoms with van der Waals surface area (Å²) in [4.78, 5) is 0.681. The molecule has 0 bridgehead atoms. The van der Waals surface area contributed by atoms with E-state index in [2.05, 4.69) is 14.7 Å². The summed E-state index contributed by atoms with van der Waals surface area (Å²) in [6, 6.07) is 0. The first kappa shape index (κ1) is 9.03. The van der Waals surface area contributed by atoms with E-state index in [1.807, 2.05) is 0 Å². The van der Waals surface area contributed by atoms with Crippen LogP contribution in [0.1, 0.15) is 4.88 Å². The Morgan fingerprint density at radius 2 is 2.56 bits per heavy atom. The molecule has 1 rings (SSSR count). The van der Waals surface area contributed by atoms with Gasteiger partial charge in [0.2, 0.25) is 0 Å². The molecule has 6 heteroatoms. The fourth-order valence-corrected chi connectivity index (χ4v) is 0.657. The van der Waals surface area contributed by atoms with E-state index in [0.29, 0.717) is 4.88 Å². The molecule has 9 heavy (non-hydrogen) atoms. The van der Waals surface area contributed by atoms with Crippen molar-refractivity contribution in [3.05, 3.63) is 16.3 Å². The minimum atomic E-state index is 0. The molecule has 0 N–H and O–H groups in total. The van der Waals surface area contributed by atoms with Crippen LogP contribution in [-0.2, 0) is 0 Å². The van der Waals surface area contributed by atoms with Gasteiger partial charge in [-0.15, -0.1) is 5.10 Å². The topological polar surface area (TPSA) is 61.2 Å². The molecule has 0 radical (unpaired) electrons. The van der Waals surface area contributed by atoms with Crippen molar-refractivity contribution in [1.82, 2.24) is 9.59 Å². The number of hydrogen-bond donors (Lipinski definition) is 0. The fourth-order valence-electron chi connectivity index (χ4n) is 0.284. The maximum atomic E-state index is 9.52. The van der Waals surface area contributed by atoms with Gasteiger partial charge in [0.25, 0.3) is 0 Å². The van der Waals surface area contributed by atoms with E-state index in [1.54, 1.807) is 0 Å². The van der Waals surface area contributed by atoms with Crippen LogP contribution in [-0.4, -0.2) is 15.8 Å². The third-order valence-electron chi connectivity index (χ3n) is 0.558. The molecule has 0 spiro atoms. The van der Waals surface area contributed by atoms with Gasteiger partial charge in [-0.25, -0.2) is 0 Å². The molecule has 0 saturated carbocycles. The smallest absolute Gasteiger partial charge is 0.792 e. The predicted octanol–water partition coefficient (Wildman–Crippen LogP) is -2.54. The van der Waals surface area contributed by atoms with E-state index in [9.17, 15) is 5.21 Å². The summed E-state index contributed by atoms with van der Waals surface area (Å²) in [5.74, 6) is 0. The van der Waals surface area contributed by atoms with Crippen LogP contribution in [0.4, 0.5) is 0 Å². The zero-order chi connectivity index (χ0) is 5.82. The van der Waals surface area contributed by atoms with Crippen LogP contribution in [0, 0.1) is 5.21 Å². The molecule has 1 aromatic rings. The fraction of sp³-hybridized carbons (Fsp3) is 0. The number of hydrogen-bond acceptors (Lipinski definition) is 5. The molecule has 0 aliphatic rings. The molecular weight excluding hydrogens is 149 g/mol. The molecule has 0 aliphatic heterocycles. The van der Waals surface area contributed by atoms with E-state index in [4.69, 9.17) is 0 Å². The Kier molecular flexibility index (Phi) is 4.88. The molecule has 0 atom stereocenters. The summed E-state index contributed by atoms with van der Waals surface area (Å²) in [7, 11) is 0. The number of aromatic nitrogens is 2. The Labute approximate surface area is 78.0 Å². The van der Waals surface area contributed by atoms with E-state index in [1.165, 1.54) is 12.4 Å². The van der Waals surface area contributed by atoms with Gasteiger partial charge in [0.05, 0.1) is 11.1 Å². The van der Waals surface area contributed by atoms with E-state index in [0.717, 1.165) is 11.5 Å². The van der Waals surface area contributed by atoms with Gasteiger partial charge < -0.3 is 10.4 Å². The van der Waals surface area contributed by atoms with Gasteiger partial charge >= 0.3 is 29.6 Å². The number of nitrogens with zero attached hydrogens (tertiary/aromatic N) is 3. The zero-order valence-electron chi connectivity index (χ0n) is 4.81. The second-order valence-corrected chi connectivity index (χ2v) is 1.87. The van der Waals surface area contributed by atoms with Gasteiger partial charge in [0.1, 0.15) is 0 Å². The molecule has 0 aliphatic carbocycles. The van der Waals surface area contributed by atoms with Crippen LogP contribution in [0.2, 0.25) is 0 Å². The van der Waals surface area contributed by atoms with Gasteiger partial charge in [-0.1, -0.05) is 4.49 Å². The van der Waals surface area contributed by atoms with Crippen molar-refractivity contribution in [2.24, 2.45) is 5.16 Å². The SMILES string of the molecule is [Na+].[O-]/N=C/c1cnns1. The monoisotopic (exact) mass is 151 g/mol. The Morgan fingerprint density at radius 1 is 1.78 bits per heavy atom. The van der Waals surface area contributed by atoms with Crippen molar-refractivity contribution in [1.29, 1.82) is 0 Å². The van der Waals surface area contributed by atoms with Crippen LogP contribution in [0.3, 0.4) is 0 Å². The molecule has 1 aromatic heterocycles. The third-order valence-corrected chi connectivity index (χ3v) is 1.16. The summed E-state index contributed by atoms with van der Waals surface area (Å²) >= 11 is 1.14. The Bertz CT molecular complexity index is 175. The molecule has 0 aromatic carbocycles. The summed E-state index contributed by atoms with van der Waals surface area (Å²) < 4.78 is 3.50. The Hall–Kier alpha value is 0.0300. The first-order valence-corrected chi connectivity index (χ1v) is 2.64. The van der Waals surface area contributed by atoms with Crippen LogP contribution in [0.5, 0.6) is 0 Å². The van der Waals surface area contributed by atoms with Gasteiger partial charge in [0, 0.05) is 6.21 Å². The van der Waals surface area contributed by atoms with Crippen molar-refractivity contribution >= 4 is 17.7 Å². The van der Waals surface area contributed by atoms with Crippen molar-refractivity contribution in [2.75, 3.05) is 0 Å². The third kappa shape index (κ3) is 2.90. The number of rotatable bonds is 1. The first-order valence-electron chi connectivity index (χ1n) is 1.86. The maximum Gasteiger partial charge on any atom is 1.00 e. The van der Waals surface area contributed by atoms with Crippen molar-refractivity contribution in [3.63, 3.8) is 0 Å². The molecule has 0 fully saturated rings. The second-order valence-electron chi connectivity index (χ2n) is 1.05. The average Bonchev–Trinajstić information content (AvgIpc) is 2.19. The van der Waals surface area contributed by atoms with E-state index < -0.39 is 0 Å². The summed E-state index contributed by atoms with van der Waals surface area (Å²) in [5, 5.41) is 15.5. The maximum absolute atomic E-state index is 9.52. The molecule has 0 saturated heterocycles. The predicted molar refractivity (Wildman–Crippen MR) is 30.9 cm³/mol. The van der Waals surface area contributed by atoms with Gasteiger partial charge in [0.15, 0.2) is 0 Å². The standard InChI is InChI=1S/C3H3N3OS.Na/c7-5-2-3-1-4-6-8-3;/h1-2,7H;/q;+1/p-1/b5-2+;. The summed E-state index contributed by atoms with van der Waals surface area (Å²) in [5.41, 5.74) is 0. The quantitative estimate of drug-likeness (QED) is 0.252. The summed E-state index contributed by atoms with van der Waals surface area (Å²) in [6.45, 7) is 0. The van der Waals surface area contributed by atoms with E-state index >= 15 is 0 Å². The molecule has 4 nitrogen and oxygen atoms in total. The molecular formula is C3H2N3NaOS. The molecule has 42 valence electrons. The minimum Gasteiger partial charge on any atom is -0.792 e. The summed E-state index contributed by atoms with van der Waals surface area (Å²) in [6.07, 6.45) is 2.65. The molecule has 0 amide bonds. The Morgan fingerprint density at radius 3 is 3.00 bits per heavy atom. The second kappa shape index (κ2) is 4.87. The van der Waals surface area contributed by atoms with E-state index in [-0.39, 0.29) is 29.6 Å². The van der Waals surface area contributed by atoms with Gasteiger partial charge in [-0.05, 0) is 11.5 Å². The van der Waals surface area contributed by atoms with Crippen molar-refractivity contribution in [3.8, 4) is 0 Å². The van der Waals surface area contributed by atoms with Crippen molar-refractivity contribution in [2.45, 2.75) is 0 Å². The zero-order valence-corrected chi connectivity index (χ0v) is 7.63.